The Hall–Kier alpha value is -2.08. The van der Waals surface area contributed by atoms with Gasteiger partial charge in [-0.15, -0.1) is 0 Å². The maximum absolute atomic E-state index is 12.6. The fourth-order valence-electron chi connectivity index (χ4n) is 2.23. The largest absolute Gasteiger partial charge is 0.417 e. The Kier molecular flexibility index (Phi) is 5.26. The number of benzene rings is 1. The standard InChI is InChI=1S/C17H19F3N2O/c1-3-22(11-15(23)13-6-4-12(2)5-7-13)16-9-8-14(10-21-16)17(18,19)20/h4-10,15,23H,3,11H2,1-2H3. The molecule has 0 aliphatic rings. The number of likely N-dealkylation sites (N-methyl/N-ethyl adjacent to an activating group) is 1. The third-order valence-corrected chi connectivity index (χ3v) is 3.64. The van der Waals surface area contributed by atoms with E-state index in [0.29, 0.717) is 12.4 Å². The summed E-state index contributed by atoms with van der Waals surface area (Å²) in [6.45, 7) is 4.61. The first-order valence-electron chi connectivity index (χ1n) is 7.34. The Balaban J connectivity index is 2.11. The van der Waals surface area contributed by atoms with Crippen LogP contribution in [0, 0.1) is 6.92 Å². The van der Waals surface area contributed by atoms with E-state index in [0.717, 1.165) is 23.4 Å². The van der Waals surface area contributed by atoms with E-state index in [1.807, 2.05) is 38.1 Å². The third-order valence-electron chi connectivity index (χ3n) is 3.64. The number of hydrogen-bond acceptors (Lipinski definition) is 3. The number of rotatable bonds is 5. The average molecular weight is 324 g/mol. The first-order chi connectivity index (χ1) is 10.8. The fourth-order valence-corrected chi connectivity index (χ4v) is 2.23. The van der Waals surface area contributed by atoms with Crippen molar-refractivity contribution in [3.63, 3.8) is 0 Å². The summed E-state index contributed by atoms with van der Waals surface area (Å²) in [6.07, 6.45) is -4.32. The van der Waals surface area contributed by atoms with Crippen LogP contribution in [0.15, 0.2) is 42.6 Å². The molecule has 3 nitrogen and oxygen atoms in total. The number of pyridine rings is 1. The molecule has 6 heteroatoms. The number of halogens is 3. The van der Waals surface area contributed by atoms with Gasteiger partial charge in [-0.25, -0.2) is 4.98 Å². The van der Waals surface area contributed by atoms with Crippen molar-refractivity contribution in [2.75, 3.05) is 18.0 Å². The van der Waals surface area contributed by atoms with Gasteiger partial charge in [-0.05, 0) is 31.5 Å². The number of aliphatic hydroxyl groups is 1. The van der Waals surface area contributed by atoms with E-state index < -0.39 is 17.8 Å². The van der Waals surface area contributed by atoms with E-state index >= 15 is 0 Å². The second-order valence-corrected chi connectivity index (χ2v) is 5.37. The molecule has 0 amide bonds. The molecule has 0 saturated carbocycles. The summed E-state index contributed by atoms with van der Waals surface area (Å²) in [5.74, 6) is 0.409. The van der Waals surface area contributed by atoms with Crippen LogP contribution in [-0.2, 0) is 6.18 Å². The summed E-state index contributed by atoms with van der Waals surface area (Å²) in [5.41, 5.74) is 1.08. The molecule has 0 aliphatic carbocycles. The van der Waals surface area contributed by atoms with Gasteiger partial charge in [0, 0.05) is 19.3 Å². The average Bonchev–Trinajstić information content (AvgIpc) is 2.52. The van der Waals surface area contributed by atoms with E-state index in [1.165, 1.54) is 6.07 Å². The molecule has 0 spiro atoms. The SMILES string of the molecule is CCN(CC(O)c1ccc(C)cc1)c1ccc(C(F)(F)F)cn1. The summed E-state index contributed by atoms with van der Waals surface area (Å²) >= 11 is 0. The Morgan fingerprint density at radius 2 is 1.78 bits per heavy atom. The van der Waals surface area contributed by atoms with Crippen molar-refractivity contribution in [2.45, 2.75) is 26.1 Å². The highest BCUT2D eigenvalue weighted by Crippen LogP contribution is 2.29. The molecule has 1 unspecified atom stereocenters. The molecule has 23 heavy (non-hydrogen) atoms. The molecule has 0 radical (unpaired) electrons. The van der Waals surface area contributed by atoms with Gasteiger partial charge in [-0.3, -0.25) is 0 Å². The van der Waals surface area contributed by atoms with Crippen LogP contribution in [0.5, 0.6) is 0 Å². The molecule has 124 valence electrons. The minimum atomic E-state index is -4.40. The quantitative estimate of drug-likeness (QED) is 0.904. The lowest BCUT2D eigenvalue weighted by atomic mass is 10.1. The zero-order valence-electron chi connectivity index (χ0n) is 13.0. The third kappa shape index (κ3) is 4.45. The molecule has 1 heterocycles. The topological polar surface area (TPSA) is 36.4 Å². The molecule has 1 atom stereocenters. The lowest BCUT2D eigenvalue weighted by Crippen LogP contribution is -2.29. The van der Waals surface area contributed by atoms with Gasteiger partial charge in [0.2, 0.25) is 0 Å². The van der Waals surface area contributed by atoms with E-state index in [1.54, 1.807) is 4.90 Å². The number of nitrogens with zero attached hydrogens (tertiary/aromatic N) is 2. The molecule has 1 aromatic carbocycles. The molecule has 0 aliphatic heterocycles. The number of aryl methyl sites for hydroxylation is 1. The number of alkyl halides is 3. The molecule has 0 saturated heterocycles. The van der Waals surface area contributed by atoms with Gasteiger partial charge < -0.3 is 10.0 Å². The van der Waals surface area contributed by atoms with E-state index in [2.05, 4.69) is 4.98 Å². The first-order valence-corrected chi connectivity index (χ1v) is 7.34. The molecule has 1 N–H and O–H groups in total. The van der Waals surface area contributed by atoms with Crippen molar-refractivity contribution >= 4 is 5.82 Å². The van der Waals surface area contributed by atoms with Gasteiger partial charge in [0.15, 0.2) is 0 Å². The van der Waals surface area contributed by atoms with Gasteiger partial charge in [-0.1, -0.05) is 29.8 Å². The first kappa shape index (κ1) is 17.3. The van der Waals surface area contributed by atoms with Crippen LogP contribution in [0.25, 0.3) is 0 Å². The van der Waals surface area contributed by atoms with Crippen molar-refractivity contribution in [2.24, 2.45) is 0 Å². The van der Waals surface area contributed by atoms with Crippen LogP contribution in [0.1, 0.15) is 29.7 Å². The van der Waals surface area contributed by atoms with Gasteiger partial charge in [-0.2, -0.15) is 13.2 Å². The second-order valence-electron chi connectivity index (χ2n) is 5.37. The van der Waals surface area contributed by atoms with Crippen LogP contribution in [0.2, 0.25) is 0 Å². The Morgan fingerprint density at radius 3 is 2.26 bits per heavy atom. The molecule has 0 bridgehead atoms. The van der Waals surface area contributed by atoms with Crippen LogP contribution < -0.4 is 4.90 Å². The number of hydrogen-bond donors (Lipinski definition) is 1. The van der Waals surface area contributed by atoms with Crippen LogP contribution in [-0.4, -0.2) is 23.2 Å². The van der Waals surface area contributed by atoms with Crippen molar-refractivity contribution in [1.29, 1.82) is 0 Å². The van der Waals surface area contributed by atoms with Gasteiger partial charge >= 0.3 is 6.18 Å². The predicted octanol–water partition coefficient (Wildman–Crippen LogP) is 3.97. The lowest BCUT2D eigenvalue weighted by Gasteiger charge is -2.25. The van der Waals surface area contributed by atoms with Gasteiger partial charge in [0.05, 0.1) is 11.7 Å². The van der Waals surface area contributed by atoms with Crippen molar-refractivity contribution in [3.8, 4) is 0 Å². The number of aliphatic hydroxyl groups excluding tert-OH is 1. The maximum Gasteiger partial charge on any atom is 0.417 e. The Labute approximate surface area is 133 Å². The minimum absolute atomic E-state index is 0.262. The monoisotopic (exact) mass is 324 g/mol. The number of anilines is 1. The predicted molar refractivity (Wildman–Crippen MR) is 83.3 cm³/mol. The smallest absolute Gasteiger partial charge is 0.387 e. The van der Waals surface area contributed by atoms with Crippen LogP contribution in [0.4, 0.5) is 19.0 Å². The normalized spacial score (nSPS) is 13.0. The highest BCUT2D eigenvalue weighted by Gasteiger charge is 2.30. The maximum atomic E-state index is 12.6. The van der Waals surface area contributed by atoms with Crippen molar-refractivity contribution < 1.29 is 18.3 Å². The summed E-state index contributed by atoms with van der Waals surface area (Å²) in [5, 5.41) is 10.3. The zero-order chi connectivity index (χ0) is 17.0. The fraction of sp³-hybridized carbons (Fsp3) is 0.353. The van der Waals surface area contributed by atoms with Crippen LogP contribution in [0.3, 0.4) is 0 Å². The van der Waals surface area contributed by atoms with Crippen molar-refractivity contribution in [3.05, 3.63) is 59.3 Å². The highest BCUT2D eigenvalue weighted by molar-refractivity contribution is 5.40. The second kappa shape index (κ2) is 7.00. The molecular formula is C17H19F3N2O. The van der Waals surface area contributed by atoms with Gasteiger partial charge in [0.1, 0.15) is 5.82 Å². The zero-order valence-corrected chi connectivity index (χ0v) is 13.0. The number of aromatic nitrogens is 1. The highest BCUT2D eigenvalue weighted by atomic mass is 19.4. The lowest BCUT2D eigenvalue weighted by molar-refractivity contribution is -0.137. The Morgan fingerprint density at radius 1 is 1.13 bits per heavy atom. The summed E-state index contributed by atoms with van der Waals surface area (Å²) in [4.78, 5) is 5.61. The van der Waals surface area contributed by atoms with E-state index in [9.17, 15) is 18.3 Å². The summed E-state index contributed by atoms with van der Waals surface area (Å²) < 4.78 is 37.7. The van der Waals surface area contributed by atoms with E-state index in [-0.39, 0.29) is 6.54 Å². The van der Waals surface area contributed by atoms with Gasteiger partial charge in [0.25, 0.3) is 0 Å². The summed E-state index contributed by atoms with van der Waals surface area (Å²) in [7, 11) is 0. The molecular weight excluding hydrogens is 305 g/mol. The minimum Gasteiger partial charge on any atom is -0.387 e. The Bertz CT molecular complexity index is 624. The molecule has 2 aromatic rings. The molecule has 1 aromatic heterocycles. The summed E-state index contributed by atoms with van der Waals surface area (Å²) in [6, 6.07) is 9.83. The molecule has 2 rings (SSSR count). The van der Waals surface area contributed by atoms with Crippen molar-refractivity contribution in [1.82, 2.24) is 4.98 Å². The molecule has 0 fully saturated rings. The van der Waals surface area contributed by atoms with Crippen LogP contribution >= 0.6 is 0 Å². The van der Waals surface area contributed by atoms with E-state index in [4.69, 9.17) is 0 Å².